The Kier molecular flexibility index (Phi) is 4.54. The van der Waals surface area contributed by atoms with E-state index in [9.17, 15) is 4.79 Å². The van der Waals surface area contributed by atoms with Crippen LogP contribution in [0.3, 0.4) is 0 Å². The minimum Gasteiger partial charge on any atom is -0.481 e. The summed E-state index contributed by atoms with van der Waals surface area (Å²) in [5.41, 5.74) is 1.78. The molecule has 1 N–H and O–H groups in total. The molecule has 8 heteroatoms. The lowest BCUT2D eigenvalue weighted by Gasteiger charge is -2.10. The number of carboxylic acid groups (broad SMARTS) is 1. The van der Waals surface area contributed by atoms with E-state index in [0.29, 0.717) is 11.7 Å². The van der Waals surface area contributed by atoms with Crippen LogP contribution in [-0.2, 0) is 11.3 Å². The molecule has 6 nitrogen and oxygen atoms in total. The fourth-order valence-corrected chi connectivity index (χ4v) is 2.83. The highest BCUT2D eigenvalue weighted by atomic mass is 32.2. The number of carboxylic acids is 1. The van der Waals surface area contributed by atoms with Gasteiger partial charge in [-0.3, -0.25) is 9.78 Å². The topological polar surface area (TPSA) is 80.9 Å². The largest absolute Gasteiger partial charge is 0.481 e. The zero-order chi connectivity index (χ0) is 13.8. The van der Waals surface area contributed by atoms with Gasteiger partial charge >= 0.3 is 5.97 Å². The second-order valence-corrected chi connectivity index (χ2v) is 6.15. The molecule has 2 rings (SSSR count). The third-order valence-electron chi connectivity index (χ3n) is 2.38. The van der Waals surface area contributed by atoms with Crippen molar-refractivity contribution in [3.8, 4) is 0 Å². The van der Waals surface area contributed by atoms with Crippen molar-refractivity contribution < 1.29 is 9.90 Å². The number of aliphatic carboxylic acids is 1. The minimum atomic E-state index is -0.858. The summed E-state index contributed by atoms with van der Waals surface area (Å²) in [6.45, 7) is 4.71. The quantitative estimate of drug-likeness (QED) is 0.822. The molecule has 0 aliphatic rings. The smallest absolute Gasteiger partial charge is 0.313 e. The number of nitrogens with zero attached hydrogens (tertiary/aromatic N) is 4. The van der Waals surface area contributed by atoms with Crippen molar-refractivity contribution >= 4 is 29.1 Å². The molecular formula is C11H14N4O2S2. The summed E-state index contributed by atoms with van der Waals surface area (Å²) in [7, 11) is 0. The standard InChI is InChI=1S/C11H14N4O2S2/c1-7(2)10-13-14-11(18-5-9(16)17)15(10)4-8-3-12-6-19-8/h3,6-7H,4-5H2,1-2H3,(H,16,17). The van der Waals surface area contributed by atoms with Crippen LogP contribution in [0.2, 0.25) is 0 Å². The number of rotatable bonds is 6. The van der Waals surface area contributed by atoms with Crippen molar-refractivity contribution in [1.29, 1.82) is 0 Å². The second kappa shape index (κ2) is 6.16. The van der Waals surface area contributed by atoms with Crippen LogP contribution in [0.5, 0.6) is 0 Å². The van der Waals surface area contributed by atoms with E-state index in [1.54, 1.807) is 23.0 Å². The number of thioether (sulfide) groups is 1. The lowest BCUT2D eigenvalue weighted by atomic mass is 10.2. The van der Waals surface area contributed by atoms with Gasteiger partial charge in [0.25, 0.3) is 0 Å². The maximum absolute atomic E-state index is 10.7. The molecule has 0 bridgehead atoms. The average Bonchev–Trinajstić information content (AvgIpc) is 2.96. The Balaban J connectivity index is 2.25. The molecule has 2 aromatic heterocycles. The van der Waals surface area contributed by atoms with E-state index in [0.717, 1.165) is 10.7 Å². The van der Waals surface area contributed by atoms with Crippen LogP contribution in [-0.4, -0.2) is 36.6 Å². The van der Waals surface area contributed by atoms with Gasteiger partial charge in [-0.2, -0.15) is 0 Å². The third kappa shape index (κ3) is 3.54. The molecular weight excluding hydrogens is 284 g/mol. The zero-order valence-electron chi connectivity index (χ0n) is 10.6. The average molecular weight is 298 g/mol. The van der Waals surface area contributed by atoms with Gasteiger partial charge in [0, 0.05) is 17.0 Å². The van der Waals surface area contributed by atoms with Gasteiger partial charge in [0.2, 0.25) is 0 Å². The van der Waals surface area contributed by atoms with E-state index in [-0.39, 0.29) is 11.7 Å². The molecule has 0 saturated carbocycles. The molecule has 0 amide bonds. The van der Waals surface area contributed by atoms with Crippen LogP contribution in [0.15, 0.2) is 16.9 Å². The Morgan fingerprint density at radius 3 is 2.89 bits per heavy atom. The van der Waals surface area contributed by atoms with E-state index in [4.69, 9.17) is 5.11 Å². The number of hydrogen-bond acceptors (Lipinski definition) is 6. The fourth-order valence-electron chi connectivity index (χ4n) is 1.58. The van der Waals surface area contributed by atoms with Crippen molar-refractivity contribution in [1.82, 2.24) is 19.7 Å². The molecule has 0 atom stereocenters. The Hall–Kier alpha value is -1.41. The summed E-state index contributed by atoms with van der Waals surface area (Å²) in [5, 5.41) is 17.6. The van der Waals surface area contributed by atoms with E-state index in [1.807, 2.05) is 18.4 Å². The number of aromatic nitrogens is 4. The maximum atomic E-state index is 10.7. The Labute approximate surface area is 118 Å². The van der Waals surface area contributed by atoms with Gasteiger partial charge in [0.1, 0.15) is 5.82 Å². The summed E-state index contributed by atoms with van der Waals surface area (Å²) >= 11 is 2.75. The first kappa shape index (κ1) is 14.0. The highest BCUT2D eigenvalue weighted by Gasteiger charge is 2.16. The molecule has 0 aliphatic heterocycles. The summed E-state index contributed by atoms with van der Waals surface area (Å²) in [6.07, 6.45) is 1.81. The van der Waals surface area contributed by atoms with Gasteiger partial charge in [-0.15, -0.1) is 21.5 Å². The van der Waals surface area contributed by atoms with E-state index >= 15 is 0 Å². The van der Waals surface area contributed by atoms with Crippen molar-refractivity contribution in [3.05, 3.63) is 22.4 Å². The van der Waals surface area contributed by atoms with Crippen LogP contribution >= 0.6 is 23.1 Å². The number of carbonyl (C=O) groups is 1. The molecule has 2 heterocycles. The molecule has 102 valence electrons. The fraction of sp³-hybridized carbons (Fsp3) is 0.455. The summed E-state index contributed by atoms with van der Waals surface area (Å²) < 4.78 is 1.96. The lowest BCUT2D eigenvalue weighted by molar-refractivity contribution is -0.133. The summed E-state index contributed by atoms with van der Waals surface area (Å²) in [5.74, 6) is 0.225. The van der Waals surface area contributed by atoms with Crippen molar-refractivity contribution in [2.24, 2.45) is 0 Å². The van der Waals surface area contributed by atoms with Gasteiger partial charge in [-0.05, 0) is 0 Å². The molecule has 19 heavy (non-hydrogen) atoms. The molecule has 0 fully saturated rings. The Morgan fingerprint density at radius 2 is 2.32 bits per heavy atom. The molecule has 0 radical (unpaired) electrons. The first-order valence-electron chi connectivity index (χ1n) is 5.73. The van der Waals surface area contributed by atoms with Crippen LogP contribution in [0.25, 0.3) is 0 Å². The van der Waals surface area contributed by atoms with E-state index < -0.39 is 5.97 Å². The van der Waals surface area contributed by atoms with Crippen molar-refractivity contribution in [2.45, 2.75) is 31.5 Å². The van der Waals surface area contributed by atoms with Crippen molar-refractivity contribution in [2.75, 3.05) is 5.75 Å². The van der Waals surface area contributed by atoms with Crippen LogP contribution in [0.4, 0.5) is 0 Å². The molecule has 0 aromatic carbocycles. The first-order chi connectivity index (χ1) is 9.08. The molecule has 0 aliphatic carbocycles. The van der Waals surface area contributed by atoms with E-state index in [2.05, 4.69) is 15.2 Å². The van der Waals surface area contributed by atoms with Crippen LogP contribution in [0, 0.1) is 0 Å². The van der Waals surface area contributed by atoms with Gasteiger partial charge in [-0.25, -0.2) is 0 Å². The summed E-state index contributed by atoms with van der Waals surface area (Å²) in [6, 6.07) is 0. The van der Waals surface area contributed by atoms with Gasteiger partial charge in [0.05, 0.1) is 17.8 Å². The van der Waals surface area contributed by atoms with Crippen LogP contribution in [0.1, 0.15) is 30.5 Å². The number of thiazole rings is 1. The normalized spacial score (nSPS) is 11.1. The maximum Gasteiger partial charge on any atom is 0.313 e. The first-order valence-corrected chi connectivity index (χ1v) is 7.59. The Morgan fingerprint density at radius 1 is 1.53 bits per heavy atom. The second-order valence-electron chi connectivity index (χ2n) is 4.23. The van der Waals surface area contributed by atoms with E-state index in [1.165, 1.54) is 11.8 Å². The molecule has 2 aromatic rings. The highest BCUT2D eigenvalue weighted by molar-refractivity contribution is 7.99. The van der Waals surface area contributed by atoms with Gasteiger partial charge in [0.15, 0.2) is 5.16 Å². The predicted molar refractivity (Wildman–Crippen MR) is 73.7 cm³/mol. The third-order valence-corrected chi connectivity index (χ3v) is 4.10. The molecule has 0 unspecified atom stereocenters. The minimum absolute atomic E-state index is 0.0150. The van der Waals surface area contributed by atoms with Gasteiger partial charge < -0.3 is 9.67 Å². The molecule has 0 saturated heterocycles. The highest BCUT2D eigenvalue weighted by Crippen LogP contribution is 2.23. The van der Waals surface area contributed by atoms with Gasteiger partial charge in [-0.1, -0.05) is 25.6 Å². The SMILES string of the molecule is CC(C)c1nnc(SCC(=O)O)n1Cc1cncs1. The van der Waals surface area contributed by atoms with Crippen molar-refractivity contribution in [3.63, 3.8) is 0 Å². The lowest BCUT2D eigenvalue weighted by Crippen LogP contribution is -2.08. The zero-order valence-corrected chi connectivity index (χ0v) is 12.2. The number of hydrogen-bond donors (Lipinski definition) is 1. The summed E-state index contributed by atoms with van der Waals surface area (Å²) in [4.78, 5) is 15.8. The monoisotopic (exact) mass is 298 g/mol. The molecule has 0 spiro atoms. The van der Waals surface area contributed by atoms with Crippen LogP contribution < -0.4 is 0 Å². The predicted octanol–water partition coefficient (Wildman–Crippen LogP) is 2.08. The Bertz CT molecular complexity index is 551.